The van der Waals surface area contributed by atoms with Gasteiger partial charge in [-0.25, -0.2) is 0 Å². The average molecular weight is 405 g/mol. The van der Waals surface area contributed by atoms with Gasteiger partial charge >= 0.3 is 0 Å². The lowest BCUT2D eigenvalue weighted by Crippen LogP contribution is -2.10. The largest absolute Gasteiger partial charge is 0.384 e. The molecular formula is C19H18Cl2N4S. The van der Waals surface area contributed by atoms with Gasteiger partial charge in [0.15, 0.2) is 5.82 Å². The Labute approximate surface area is 167 Å². The highest BCUT2D eigenvalue weighted by atomic mass is 35.5. The van der Waals surface area contributed by atoms with E-state index in [1.54, 1.807) is 12.1 Å². The van der Waals surface area contributed by atoms with Crippen molar-refractivity contribution in [1.29, 1.82) is 0 Å². The smallest absolute Gasteiger partial charge is 0.207 e. The standard InChI is InChI=1S/C19H18Cl2N4S/c1-12-3-5-14(6-4-12)11-22-13(2)9-18-24-19(26-25-18)23-15-7-8-16(20)17(21)10-15/h3-10,22H,11H2,1-2H3,(H,23,24,25)/b13-9+. The Morgan fingerprint density at radius 3 is 2.62 bits per heavy atom. The van der Waals surface area contributed by atoms with E-state index in [0.717, 1.165) is 17.9 Å². The fraction of sp³-hybridized carbons (Fsp3) is 0.158. The summed E-state index contributed by atoms with van der Waals surface area (Å²) in [5.41, 5.74) is 4.32. The lowest BCUT2D eigenvalue weighted by Gasteiger charge is -2.06. The highest BCUT2D eigenvalue weighted by Gasteiger charge is 2.05. The van der Waals surface area contributed by atoms with Crippen LogP contribution in [0.3, 0.4) is 0 Å². The summed E-state index contributed by atoms with van der Waals surface area (Å²) in [4.78, 5) is 4.47. The van der Waals surface area contributed by atoms with Crippen LogP contribution < -0.4 is 10.6 Å². The lowest BCUT2D eigenvalue weighted by molar-refractivity contribution is 0.817. The molecule has 0 bridgehead atoms. The summed E-state index contributed by atoms with van der Waals surface area (Å²) in [7, 11) is 0. The molecule has 3 aromatic rings. The van der Waals surface area contributed by atoms with Crippen LogP contribution in [0.15, 0.2) is 48.2 Å². The number of hydrogen-bond donors (Lipinski definition) is 2. The molecule has 0 fully saturated rings. The summed E-state index contributed by atoms with van der Waals surface area (Å²) in [5.74, 6) is 0.659. The third kappa shape index (κ3) is 5.21. The van der Waals surface area contributed by atoms with Gasteiger partial charge in [0.25, 0.3) is 0 Å². The molecule has 4 nitrogen and oxygen atoms in total. The summed E-state index contributed by atoms with van der Waals surface area (Å²) in [5, 5.41) is 8.27. The second-order valence-corrected chi connectivity index (χ2v) is 7.44. The van der Waals surface area contributed by atoms with Crippen molar-refractivity contribution in [1.82, 2.24) is 14.7 Å². The van der Waals surface area contributed by atoms with E-state index in [9.17, 15) is 0 Å². The molecule has 1 heterocycles. The van der Waals surface area contributed by atoms with Gasteiger partial charge in [0.05, 0.1) is 10.0 Å². The molecule has 0 aliphatic carbocycles. The lowest BCUT2D eigenvalue weighted by atomic mass is 10.1. The van der Waals surface area contributed by atoms with Gasteiger partial charge in [0.1, 0.15) is 0 Å². The van der Waals surface area contributed by atoms with E-state index >= 15 is 0 Å². The fourth-order valence-corrected chi connectivity index (χ4v) is 3.10. The van der Waals surface area contributed by atoms with E-state index in [1.807, 2.05) is 19.1 Å². The Morgan fingerprint density at radius 2 is 1.88 bits per heavy atom. The summed E-state index contributed by atoms with van der Waals surface area (Å²) >= 11 is 13.2. The van der Waals surface area contributed by atoms with Crippen molar-refractivity contribution >= 4 is 51.6 Å². The van der Waals surface area contributed by atoms with Crippen molar-refractivity contribution in [2.24, 2.45) is 0 Å². The minimum absolute atomic E-state index is 0.498. The van der Waals surface area contributed by atoms with Crippen LogP contribution in [0.1, 0.15) is 23.9 Å². The number of anilines is 2. The van der Waals surface area contributed by atoms with E-state index < -0.39 is 0 Å². The molecule has 0 aliphatic rings. The SMILES string of the molecule is C/C(=C\c1nsc(Nc2ccc(Cl)c(Cl)c2)n1)NCc1ccc(C)cc1. The molecule has 3 rings (SSSR count). The first-order chi connectivity index (χ1) is 12.5. The Kier molecular flexibility index (Phi) is 6.14. The van der Waals surface area contributed by atoms with Gasteiger partial charge in [0, 0.05) is 35.5 Å². The van der Waals surface area contributed by atoms with Crippen LogP contribution in [0.4, 0.5) is 10.8 Å². The number of rotatable bonds is 6. The van der Waals surface area contributed by atoms with Gasteiger partial charge in [-0.2, -0.15) is 9.36 Å². The maximum absolute atomic E-state index is 6.03. The van der Waals surface area contributed by atoms with Gasteiger partial charge in [-0.1, -0.05) is 53.0 Å². The molecule has 7 heteroatoms. The number of aryl methyl sites for hydroxylation is 1. The van der Waals surface area contributed by atoms with Crippen molar-refractivity contribution in [2.75, 3.05) is 5.32 Å². The third-order valence-corrected chi connectivity index (χ3v) is 5.03. The number of halogens is 2. The molecular weight excluding hydrogens is 387 g/mol. The van der Waals surface area contributed by atoms with Crippen LogP contribution in [0.25, 0.3) is 6.08 Å². The van der Waals surface area contributed by atoms with Crippen LogP contribution >= 0.6 is 34.7 Å². The Balaban J connectivity index is 1.60. The average Bonchev–Trinajstić information content (AvgIpc) is 3.04. The molecule has 0 unspecified atom stereocenters. The highest BCUT2D eigenvalue weighted by molar-refractivity contribution is 7.09. The van der Waals surface area contributed by atoms with Crippen molar-refractivity contribution in [3.05, 3.63) is 75.2 Å². The Bertz CT molecular complexity index is 920. The van der Waals surface area contributed by atoms with Crippen LogP contribution in [0.2, 0.25) is 10.0 Å². The number of nitrogens with one attached hydrogen (secondary N) is 2. The van der Waals surface area contributed by atoms with Crippen molar-refractivity contribution < 1.29 is 0 Å². The summed E-state index contributed by atoms with van der Waals surface area (Å²) in [6.45, 7) is 4.85. The second kappa shape index (κ2) is 8.54. The molecule has 0 aliphatic heterocycles. The number of hydrogen-bond acceptors (Lipinski definition) is 5. The van der Waals surface area contributed by atoms with E-state index in [0.29, 0.717) is 21.0 Å². The minimum Gasteiger partial charge on any atom is -0.384 e. The number of aromatic nitrogens is 2. The first-order valence-electron chi connectivity index (χ1n) is 8.03. The zero-order chi connectivity index (χ0) is 18.5. The van der Waals surface area contributed by atoms with E-state index in [-0.39, 0.29) is 0 Å². The van der Waals surface area contributed by atoms with Crippen LogP contribution in [-0.2, 0) is 6.54 Å². The number of benzene rings is 2. The molecule has 1 aromatic heterocycles. The number of nitrogens with zero attached hydrogens (tertiary/aromatic N) is 2. The topological polar surface area (TPSA) is 49.8 Å². The van der Waals surface area contributed by atoms with Crippen molar-refractivity contribution in [2.45, 2.75) is 20.4 Å². The first kappa shape index (κ1) is 18.7. The third-order valence-electron chi connectivity index (χ3n) is 3.65. The molecule has 26 heavy (non-hydrogen) atoms. The van der Waals surface area contributed by atoms with E-state index in [4.69, 9.17) is 23.2 Å². The normalized spacial score (nSPS) is 11.5. The van der Waals surface area contributed by atoms with E-state index in [1.165, 1.54) is 22.7 Å². The minimum atomic E-state index is 0.498. The molecule has 0 amide bonds. The van der Waals surface area contributed by atoms with Crippen molar-refractivity contribution in [3.8, 4) is 0 Å². The van der Waals surface area contributed by atoms with Crippen molar-refractivity contribution in [3.63, 3.8) is 0 Å². The summed E-state index contributed by atoms with van der Waals surface area (Å²) in [6.07, 6.45) is 1.92. The van der Waals surface area contributed by atoms with Gasteiger partial charge in [0.2, 0.25) is 5.13 Å². The van der Waals surface area contributed by atoms with Crippen LogP contribution in [-0.4, -0.2) is 9.36 Å². The van der Waals surface area contributed by atoms with E-state index in [2.05, 4.69) is 51.2 Å². The molecule has 0 spiro atoms. The summed E-state index contributed by atoms with van der Waals surface area (Å²) < 4.78 is 4.35. The maximum Gasteiger partial charge on any atom is 0.207 e. The molecule has 134 valence electrons. The van der Waals surface area contributed by atoms with Gasteiger partial charge in [-0.05, 0) is 37.6 Å². The first-order valence-corrected chi connectivity index (χ1v) is 9.56. The van der Waals surface area contributed by atoms with Gasteiger partial charge in [-0.15, -0.1) is 0 Å². The monoisotopic (exact) mass is 404 g/mol. The Morgan fingerprint density at radius 1 is 1.12 bits per heavy atom. The quantitative estimate of drug-likeness (QED) is 0.524. The molecule has 0 radical (unpaired) electrons. The van der Waals surface area contributed by atoms with Crippen LogP contribution in [0, 0.1) is 6.92 Å². The van der Waals surface area contributed by atoms with Gasteiger partial charge in [-0.3, -0.25) is 0 Å². The predicted octanol–water partition coefficient (Wildman–Crippen LogP) is 6.05. The highest BCUT2D eigenvalue weighted by Crippen LogP contribution is 2.27. The number of allylic oxidation sites excluding steroid dienone is 1. The van der Waals surface area contributed by atoms with Crippen LogP contribution in [0.5, 0.6) is 0 Å². The summed E-state index contributed by atoms with van der Waals surface area (Å²) in [6, 6.07) is 13.8. The molecule has 2 aromatic carbocycles. The zero-order valence-electron chi connectivity index (χ0n) is 14.4. The zero-order valence-corrected chi connectivity index (χ0v) is 16.7. The second-order valence-electron chi connectivity index (χ2n) is 5.88. The maximum atomic E-state index is 6.03. The fourth-order valence-electron chi connectivity index (χ4n) is 2.23. The Hall–Kier alpha value is -2.08. The molecule has 0 saturated heterocycles. The molecule has 0 atom stereocenters. The predicted molar refractivity (Wildman–Crippen MR) is 111 cm³/mol. The van der Waals surface area contributed by atoms with Gasteiger partial charge < -0.3 is 10.6 Å². The molecule has 2 N–H and O–H groups in total. The molecule has 0 saturated carbocycles.